The van der Waals surface area contributed by atoms with Gasteiger partial charge in [0.1, 0.15) is 0 Å². The number of nitrogens with zero attached hydrogens (tertiary/aromatic N) is 5. The van der Waals surface area contributed by atoms with Gasteiger partial charge < -0.3 is 0 Å². The van der Waals surface area contributed by atoms with Crippen molar-refractivity contribution in [2.75, 3.05) is 0 Å². The molecular weight excluding hydrogens is 611 g/mol. The maximum Gasteiger partial charge on any atom is 0.164 e. The molecule has 9 rings (SSSR count). The zero-order valence-electron chi connectivity index (χ0n) is 27.7. The summed E-state index contributed by atoms with van der Waals surface area (Å²) in [4.78, 5) is 24.8. The van der Waals surface area contributed by atoms with Gasteiger partial charge in [-0.05, 0) is 87.6 Å². The topological polar surface area (TPSA) is 64.5 Å². The van der Waals surface area contributed by atoms with E-state index in [1.165, 1.54) is 32.3 Å². The first-order chi connectivity index (χ1) is 24.6. The van der Waals surface area contributed by atoms with Crippen molar-refractivity contribution >= 4 is 32.3 Å². The minimum atomic E-state index is 0.586. The van der Waals surface area contributed by atoms with E-state index in [-0.39, 0.29) is 0 Å². The van der Waals surface area contributed by atoms with Gasteiger partial charge in [-0.25, -0.2) is 24.9 Å². The maximum absolute atomic E-state index is 5.07. The second-order valence-electron chi connectivity index (χ2n) is 12.7. The molecule has 5 heteroatoms. The van der Waals surface area contributed by atoms with Crippen LogP contribution in [-0.2, 0) is 0 Å². The van der Waals surface area contributed by atoms with Crippen LogP contribution in [0.15, 0.2) is 152 Å². The zero-order valence-corrected chi connectivity index (χ0v) is 27.7. The average Bonchev–Trinajstić information content (AvgIpc) is 3.18. The van der Waals surface area contributed by atoms with Crippen molar-refractivity contribution in [1.29, 1.82) is 0 Å². The Hall–Kier alpha value is -6.59. The summed E-state index contributed by atoms with van der Waals surface area (Å²) in [6.07, 6.45) is 0. The molecule has 0 amide bonds. The summed E-state index contributed by atoms with van der Waals surface area (Å²) in [6.45, 7) is 4.01. The molecule has 0 aliphatic rings. The second kappa shape index (κ2) is 12.1. The minimum absolute atomic E-state index is 0.586. The fourth-order valence-corrected chi connectivity index (χ4v) is 6.93. The molecular formula is C45H31N5. The number of aromatic nitrogens is 5. The Morgan fingerprint density at radius 2 is 0.640 bits per heavy atom. The average molecular weight is 642 g/mol. The molecule has 0 bridgehead atoms. The highest BCUT2D eigenvalue weighted by Crippen LogP contribution is 2.39. The predicted molar refractivity (Wildman–Crippen MR) is 205 cm³/mol. The van der Waals surface area contributed by atoms with Gasteiger partial charge in [-0.1, -0.05) is 121 Å². The number of hydrogen-bond acceptors (Lipinski definition) is 5. The summed E-state index contributed by atoms with van der Waals surface area (Å²) in [6, 6.07) is 52.7. The van der Waals surface area contributed by atoms with Crippen LogP contribution in [0.25, 0.3) is 89.0 Å². The van der Waals surface area contributed by atoms with E-state index in [2.05, 4.69) is 84.9 Å². The Balaban J connectivity index is 1.30. The van der Waals surface area contributed by atoms with Crippen molar-refractivity contribution in [2.45, 2.75) is 13.8 Å². The highest BCUT2D eigenvalue weighted by Gasteiger charge is 2.17. The summed E-state index contributed by atoms with van der Waals surface area (Å²) < 4.78 is 0. The largest absolute Gasteiger partial charge is 0.233 e. The van der Waals surface area contributed by atoms with E-state index in [0.29, 0.717) is 23.3 Å². The first-order valence-electron chi connectivity index (χ1n) is 16.8. The van der Waals surface area contributed by atoms with Crippen LogP contribution in [0.2, 0.25) is 0 Å². The molecule has 236 valence electrons. The Morgan fingerprint density at radius 1 is 0.260 bits per heavy atom. The van der Waals surface area contributed by atoms with Gasteiger partial charge in [-0.3, -0.25) is 0 Å². The Morgan fingerprint density at radius 3 is 1.14 bits per heavy atom. The van der Waals surface area contributed by atoms with E-state index in [1.807, 2.05) is 80.6 Å². The van der Waals surface area contributed by atoms with Crippen LogP contribution in [0.5, 0.6) is 0 Å². The Kier molecular flexibility index (Phi) is 7.17. The minimum Gasteiger partial charge on any atom is -0.233 e. The Labute approximate surface area is 290 Å². The molecule has 0 saturated carbocycles. The van der Waals surface area contributed by atoms with Crippen LogP contribution in [0.4, 0.5) is 0 Å². The van der Waals surface area contributed by atoms with Gasteiger partial charge in [0.2, 0.25) is 0 Å². The van der Waals surface area contributed by atoms with Crippen molar-refractivity contribution in [3.05, 3.63) is 163 Å². The zero-order chi connectivity index (χ0) is 33.6. The molecule has 0 N–H and O–H groups in total. The Bertz CT molecular complexity index is 2610. The van der Waals surface area contributed by atoms with Crippen LogP contribution in [0, 0.1) is 13.8 Å². The molecule has 2 aromatic heterocycles. The monoisotopic (exact) mass is 641 g/mol. The summed E-state index contributed by atoms with van der Waals surface area (Å²) >= 11 is 0. The number of hydrogen-bond donors (Lipinski definition) is 0. The quantitative estimate of drug-likeness (QED) is 0.175. The molecule has 2 heterocycles. The van der Waals surface area contributed by atoms with Crippen LogP contribution >= 0.6 is 0 Å². The second-order valence-corrected chi connectivity index (χ2v) is 12.7. The van der Waals surface area contributed by atoms with Crippen LogP contribution in [0.3, 0.4) is 0 Å². The molecule has 0 radical (unpaired) electrons. The van der Waals surface area contributed by atoms with Gasteiger partial charge in [-0.2, -0.15) is 0 Å². The van der Waals surface area contributed by atoms with E-state index < -0.39 is 0 Å². The molecule has 5 nitrogen and oxygen atoms in total. The van der Waals surface area contributed by atoms with Gasteiger partial charge >= 0.3 is 0 Å². The molecule has 0 fully saturated rings. The lowest BCUT2D eigenvalue weighted by atomic mass is 9.91. The number of benzene rings is 7. The fourth-order valence-electron chi connectivity index (χ4n) is 6.93. The smallest absolute Gasteiger partial charge is 0.164 e. The molecule has 0 unspecified atom stereocenters. The van der Waals surface area contributed by atoms with Gasteiger partial charge in [-0.15, -0.1) is 0 Å². The van der Waals surface area contributed by atoms with Crippen LogP contribution in [-0.4, -0.2) is 24.9 Å². The normalized spacial score (nSPS) is 11.4. The van der Waals surface area contributed by atoms with Crippen molar-refractivity contribution in [3.8, 4) is 56.7 Å². The summed E-state index contributed by atoms with van der Waals surface area (Å²) in [5.74, 6) is 2.49. The van der Waals surface area contributed by atoms with Crippen LogP contribution < -0.4 is 0 Å². The van der Waals surface area contributed by atoms with E-state index >= 15 is 0 Å². The SMILES string of the molecule is Cc1cc(C)nc(-c2cc(-c3ccc4c5ccccc5c5ccccc5c4c3)cc(-c3nc(-c4ccccc4)nc(-c4ccccc4)n3)c2)n1. The lowest BCUT2D eigenvalue weighted by Crippen LogP contribution is -2.01. The molecule has 50 heavy (non-hydrogen) atoms. The first kappa shape index (κ1) is 29.5. The van der Waals surface area contributed by atoms with Crippen molar-refractivity contribution in [2.24, 2.45) is 0 Å². The van der Waals surface area contributed by atoms with Gasteiger partial charge in [0.15, 0.2) is 23.3 Å². The van der Waals surface area contributed by atoms with E-state index in [4.69, 9.17) is 24.9 Å². The molecule has 0 spiro atoms. The summed E-state index contributed by atoms with van der Waals surface area (Å²) in [7, 11) is 0. The lowest BCUT2D eigenvalue weighted by Gasteiger charge is -2.14. The third-order valence-electron chi connectivity index (χ3n) is 9.21. The van der Waals surface area contributed by atoms with Gasteiger partial charge in [0, 0.05) is 33.6 Å². The lowest BCUT2D eigenvalue weighted by molar-refractivity contribution is 1.06. The molecule has 7 aromatic carbocycles. The molecule has 0 aliphatic heterocycles. The summed E-state index contributed by atoms with van der Waals surface area (Å²) in [5, 5.41) is 7.43. The molecule has 0 atom stereocenters. The third-order valence-corrected chi connectivity index (χ3v) is 9.21. The van der Waals surface area contributed by atoms with Crippen molar-refractivity contribution in [3.63, 3.8) is 0 Å². The first-order valence-corrected chi connectivity index (χ1v) is 16.8. The highest BCUT2D eigenvalue weighted by molar-refractivity contribution is 6.25. The van der Waals surface area contributed by atoms with Crippen LogP contribution in [0.1, 0.15) is 11.4 Å². The third kappa shape index (κ3) is 5.35. The van der Waals surface area contributed by atoms with Crippen molar-refractivity contribution in [1.82, 2.24) is 24.9 Å². The number of rotatable bonds is 5. The van der Waals surface area contributed by atoms with E-state index in [1.54, 1.807) is 0 Å². The molecule has 0 saturated heterocycles. The summed E-state index contributed by atoms with van der Waals surface area (Å²) in [5.41, 5.74) is 7.57. The highest BCUT2D eigenvalue weighted by atomic mass is 15.0. The molecule has 9 aromatic rings. The van der Waals surface area contributed by atoms with Crippen molar-refractivity contribution < 1.29 is 0 Å². The standard InChI is InChI=1S/C45H31N5/c1-28-23-29(2)47-44(46-28)34-24-33(32-21-22-40-38-19-10-9-17-36(38)37-18-11-12-20-39(37)41(40)27-32)25-35(26-34)45-49-42(30-13-5-3-6-14-30)48-43(50-45)31-15-7-4-8-16-31/h3-27H,1-2H3. The maximum atomic E-state index is 5.07. The predicted octanol–water partition coefficient (Wildman–Crippen LogP) is 11.1. The van der Waals surface area contributed by atoms with E-state index in [9.17, 15) is 0 Å². The number of fused-ring (bicyclic) bond motifs is 6. The van der Waals surface area contributed by atoms with Gasteiger partial charge in [0.05, 0.1) is 0 Å². The van der Waals surface area contributed by atoms with E-state index in [0.717, 1.165) is 44.8 Å². The number of aryl methyl sites for hydroxylation is 2. The molecule has 0 aliphatic carbocycles. The fraction of sp³-hybridized carbons (Fsp3) is 0.0444. The van der Waals surface area contributed by atoms with Gasteiger partial charge in [0.25, 0.3) is 0 Å².